The highest BCUT2D eigenvalue weighted by Gasteiger charge is 2.29. The lowest BCUT2D eigenvalue weighted by atomic mass is 10.3. The highest BCUT2D eigenvalue weighted by molar-refractivity contribution is 8.24. The van der Waals surface area contributed by atoms with E-state index in [0.717, 1.165) is 0 Å². The van der Waals surface area contributed by atoms with Crippen LogP contribution in [0.25, 0.3) is 0 Å². The average molecular weight is 278 g/mol. The average Bonchev–Trinajstić information content (AvgIpc) is 2.48. The van der Waals surface area contributed by atoms with E-state index in [1.54, 1.807) is 18.2 Å². The third-order valence-corrected chi connectivity index (χ3v) is 3.80. The van der Waals surface area contributed by atoms with Gasteiger partial charge in [-0.2, -0.15) is 0 Å². The zero-order valence-electron chi connectivity index (χ0n) is 7.37. The number of halogens is 2. The largest absolute Gasteiger partial charge is 0.273 e. The summed E-state index contributed by atoms with van der Waals surface area (Å²) in [4.78, 5) is 13.0. The highest BCUT2D eigenvalue weighted by Crippen LogP contribution is 2.33. The molecule has 0 N–H and O–H groups in total. The lowest BCUT2D eigenvalue weighted by Gasteiger charge is -2.16. The van der Waals surface area contributed by atoms with Crippen molar-refractivity contribution in [2.45, 2.75) is 0 Å². The topological polar surface area (TPSA) is 20.3 Å². The molecule has 1 aliphatic rings. The molecule has 0 spiro atoms. The third-order valence-electron chi connectivity index (χ3n) is 1.90. The second kappa shape index (κ2) is 4.29. The smallest absolute Gasteiger partial charge is 0.243 e. The summed E-state index contributed by atoms with van der Waals surface area (Å²) < 4.78 is 0.532. The summed E-state index contributed by atoms with van der Waals surface area (Å²) in [6.07, 6.45) is 0. The van der Waals surface area contributed by atoms with E-state index in [4.69, 9.17) is 35.4 Å². The Morgan fingerprint density at radius 1 is 1.40 bits per heavy atom. The van der Waals surface area contributed by atoms with Crippen LogP contribution in [0.15, 0.2) is 18.2 Å². The van der Waals surface area contributed by atoms with Gasteiger partial charge in [-0.3, -0.25) is 9.69 Å². The van der Waals surface area contributed by atoms with E-state index in [2.05, 4.69) is 0 Å². The minimum atomic E-state index is -0.0470. The van der Waals surface area contributed by atoms with Gasteiger partial charge >= 0.3 is 0 Å². The maximum Gasteiger partial charge on any atom is 0.243 e. The fourth-order valence-electron chi connectivity index (χ4n) is 1.25. The number of hydrogen-bond donors (Lipinski definition) is 0. The van der Waals surface area contributed by atoms with Crippen LogP contribution < -0.4 is 4.90 Å². The van der Waals surface area contributed by atoms with Crippen LogP contribution in [0.1, 0.15) is 0 Å². The molecule has 0 aromatic heterocycles. The van der Waals surface area contributed by atoms with Crippen LogP contribution >= 0.6 is 47.2 Å². The molecule has 0 atom stereocenters. The van der Waals surface area contributed by atoms with Crippen molar-refractivity contribution < 1.29 is 4.79 Å². The molecule has 2 rings (SSSR count). The van der Waals surface area contributed by atoms with Crippen LogP contribution in [0.5, 0.6) is 0 Å². The fraction of sp³-hybridized carbons (Fsp3) is 0.111. The van der Waals surface area contributed by atoms with E-state index in [0.29, 0.717) is 25.8 Å². The van der Waals surface area contributed by atoms with Crippen molar-refractivity contribution in [1.29, 1.82) is 0 Å². The van der Waals surface area contributed by atoms with E-state index < -0.39 is 0 Å². The number of thioether (sulfide) groups is 1. The Morgan fingerprint density at radius 3 is 2.67 bits per heavy atom. The Balaban J connectivity index is 2.45. The molecular formula is C9H5Cl2NOS2. The Morgan fingerprint density at radius 2 is 2.13 bits per heavy atom. The van der Waals surface area contributed by atoms with Gasteiger partial charge in [-0.25, -0.2) is 0 Å². The van der Waals surface area contributed by atoms with Gasteiger partial charge in [0, 0.05) is 5.02 Å². The first kappa shape index (κ1) is 11.2. The number of carbonyl (C=O) groups excluding carboxylic acids is 1. The van der Waals surface area contributed by atoms with Gasteiger partial charge in [0.25, 0.3) is 0 Å². The van der Waals surface area contributed by atoms with E-state index in [-0.39, 0.29) is 5.91 Å². The Hall–Kier alpha value is -0.290. The number of amides is 1. The van der Waals surface area contributed by atoms with Crippen molar-refractivity contribution in [3.63, 3.8) is 0 Å². The van der Waals surface area contributed by atoms with Gasteiger partial charge < -0.3 is 0 Å². The van der Waals surface area contributed by atoms with E-state index >= 15 is 0 Å². The third kappa shape index (κ3) is 2.13. The van der Waals surface area contributed by atoms with Gasteiger partial charge in [0.15, 0.2) is 0 Å². The maximum atomic E-state index is 11.5. The van der Waals surface area contributed by atoms with Gasteiger partial charge in [0.05, 0.1) is 16.5 Å². The molecule has 1 fully saturated rings. The number of thiocarbonyl (C=S) groups is 1. The second-order valence-corrected chi connectivity index (χ2v) is 5.33. The van der Waals surface area contributed by atoms with Gasteiger partial charge in [0.1, 0.15) is 4.32 Å². The number of rotatable bonds is 1. The number of benzene rings is 1. The molecule has 1 amide bonds. The first-order chi connectivity index (χ1) is 7.09. The molecule has 1 aromatic rings. The molecule has 0 saturated carbocycles. The molecule has 1 saturated heterocycles. The number of anilines is 1. The first-order valence-electron chi connectivity index (χ1n) is 4.04. The van der Waals surface area contributed by atoms with E-state index in [9.17, 15) is 4.79 Å². The lowest BCUT2D eigenvalue weighted by molar-refractivity contribution is -0.115. The normalized spacial score (nSPS) is 16.3. The van der Waals surface area contributed by atoms with E-state index in [1.165, 1.54) is 16.7 Å². The summed E-state index contributed by atoms with van der Waals surface area (Å²) in [6.45, 7) is 0. The summed E-state index contributed by atoms with van der Waals surface area (Å²) in [5.74, 6) is 0.326. The van der Waals surface area contributed by atoms with Crippen LogP contribution in [0, 0.1) is 0 Å². The molecule has 0 radical (unpaired) electrons. The predicted octanol–water partition coefficient (Wildman–Crippen LogP) is 3.36. The summed E-state index contributed by atoms with van der Waals surface area (Å²) in [5.41, 5.74) is 0.598. The maximum absolute atomic E-state index is 11.5. The zero-order chi connectivity index (χ0) is 11.0. The number of nitrogens with zero attached hydrogens (tertiary/aromatic N) is 1. The molecule has 0 unspecified atom stereocenters. The van der Waals surface area contributed by atoms with Gasteiger partial charge in [-0.05, 0) is 18.2 Å². The Labute approximate surface area is 107 Å². The van der Waals surface area contributed by atoms with Crippen LogP contribution in [-0.2, 0) is 4.79 Å². The quantitative estimate of drug-likeness (QED) is 0.735. The molecule has 78 valence electrons. The van der Waals surface area contributed by atoms with Gasteiger partial charge in [0.2, 0.25) is 5.91 Å². The molecule has 6 heteroatoms. The van der Waals surface area contributed by atoms with Crippen molar-refractivity contribution in [3.8, 4) is 0 Å². The van der Waals surface area contributed by atoms with Crippen LogP contribution in [0.3, 0.4) is 0 Å². The van der Waals surface area contributed by atoms with Crippen molar-refractivity contribution >= 4 is 63.1 Å². The van der Waals surface area contributed by atoms with Crippen molar-refractivity contribution in [1.82, 2.24) is 0 Å². The SMILES string of the molecule is O=C1CSC(=S)N1c1ccc(Cl)cc1Cl. The van der Waals surface area contributed by atoms with Crippen molar-refractivity contribution in [2.24, 2.45) is 0 Å². The summed E-state index contributed by atoms with van der Waals surface area (Å²) in [5, 5.41) is 0.967. The van der Waals surface area contributed by atoms with Crippen LogP contribution in [0.2, 0.25) is 10.0 Å². The number of hydrogen-bond acceptors (Lipinski definition) is 3. The molecule has 0 bridgehead atoms. The predicted molar refractivity (Wildman–Crippen MR) is 69.0 cm³/mol. The first-order valence-corrected chi connectivity index (χ1v) is 6.19. The number of carbonyl (C=O) groups is 1. The molecular weight excluding hydrogens is 273 g/mol. The highest BCUT2D eigenvalue weighted by atomic mass is 35.5. The molecule has 15 heavy (non-hydrogen) atoms. The minimum absolute atomic E-state index is 0.0470. The van der Waals surface area contributed by atoms with Crippen molar-refractivity contribution in [3.05, 3.63) is 28.2 Å². The summed E-state index contributed by atoms with van der Waals surface area (Å²) >= 11 is 18.2. The molecule has 0 aliphatic carbocycles. The molecule has 1 aromatic carbocycles. The Kier molecular flexibility index (Phi) is 3.21. The molecule has 1 heterocycles. The van der Waals surface area contributed by atoms with E-state index in [1.807, 2.05) is 0 Å². The Bertz CT molecular complexity index is 434. The summed E-state index contributed by atoms with van der Waals surface area (Å²) in [6, 6.07) is 4.97. The lowest BCUT2D eigenvalue weighted by Crippen LogP contribution is -2.28. The standard InChI is InChI=1S/C9H5Cl2NOS2/c10-5-1-2-7(6(11)3-5)12-8(13)4-15-9(12)14/h1-3H,4H2. The summed E-state index contributed by atoms with van der Waals surface area (Å²) in [7, 11) is 0. The second-order valence-electron chi connectivity index (χ2n) is 2.88. The van der Waals surface area contributed by atoms with Crippen LogP contribution in [-0.4, -0.2) is 16.0 Å². The fourth-order valence-corrected chi connectivity index (χ4v) is 2.82. The van der Waals surface area contributed by atoms with Crippen molar-refractivity contribution in [2.75, 3.05) is 10.7 Å². The van der Waals surface area contributed by atoms with Crippen LogP contribution in [0.4, 0.5) is 5.69 Å². The zero-order valence-corrected chi connectivity index (χ0v) is 10.5. The van der Waals surface area contributed by atoms with Gasteiger partial charge in [-0.1, -0.05) is 47.2 Å². The monoisotopic (exact) mass is 277 g/mol. The minimum Gasteiger partial charge on any atom is -0.273 e. The molecule has 1 aliphatic heterocycles. The molecule has 2 nitrogen and oxygen atoms in total. The van der Waals surface area contributed by atoms with Gasteiger partial charge in [-0.15, -0.1) is 0 Å².